The number of primary amides is 1. The van der Waals surface area contributed by atoms with Crippen molar-refractivity contribution in [3.8, 4) is 17.1 Å². The molecule has 0 aliphatic rings. The molecule has 0 unspecified atom stereocenters. The highest BCUT2D eigenvalue weighted by molar-refractivity contribution is 6.02. The topological polar surface area (TPSA) is 95.8 Å². The predicted molar refractivity (Wildman–Crippen MR) is 107 cm³/mol. The van der Waals surface area contributed by atoms with E-state index in [1.54, 1.807) is 0 Å². The smallest absolute Gasteiger partial charge is 0.334 e. The second-order valence-corrected chi connectivity index (χ2v) is 6.90. The van der Waals surface area contributed by atoms with Gasteiger partial charge in [-0.2, -0.15) is 0 Å². The second-order valence-electron chi connectivity index (χ2n) is 6.90. The van der Waals surface area contributed by atoms with Crippen molar-refractivity contribution in [3.05, 3.63) is 75.6 Å². The molecule has 8 heteroatoms. The molecule has 7 nitrogen and oxygen atoms in total. The molecule has 2 N–H and O–H groups in total. The lowest BCUT2D eigenvalue weighted by Gasteiger charge is -2.09. The van der Waals surface area contributed by atoms with Gasteiger partial charge in [-0.1, -0.05) is 23.8 Å². The number of hydrogen-bond acceptors (Lipinski definition) is 4. The first-order valence-electron chi connectivity index (χ1n) is 8.90. The van der Waals surface area contributed by atoms with Gasteiger partial charge in [0.2, 0.25) is 0 Å². The van der Waals surface area contributed by atoms with Crippen LogP contribution in [0.25, 0.3) is 28.2 Å². The first kappa shape index (κ1) is 18.5. The van der Waals surface area contributed by atoms with Crippen molar-refractivity contribution >= 4 is 17.1 Å². The van der Waals surface area contributed by atoms with Crippen molar-refractivity contribution in [1.29, 1.82) is 0 Å². The fourth-order valence-electron chi connectivity index (χ4n) is 3.42. The summed E-state index contributed by atoms with van der Waals surface area (Å²) in [7, 11) is 1.51. The van der Waals surface area contributed by atoms with Crippen LogP contribution in [0.4, 0.5) is 4.39 Å². The number of fused-ring (bicyclic) bond motifs is 1. The van der Waals surface area contributed by atoms with Crippen molar-refractivity contribution < 1.29 is 9.18 Å². The van der Waals surface area contributed by atoms with E-state index in [1.165, 1.54) is 40.4 Å². The van der Waals surface area contributed by atoms with E-state index in [9.17, 15) is 14.0 Å². The van der Waals surface area contributed by atoms with E-state index in [1.807, 2.05) is 32.0 Å². The molecule has 2 heterocycles. The third kappa shape index (κ3) is 2.98. The Balaban J connectivity index is 2.11. The number of nitrogens with two attached hydrogens (primary N) is 1. The molecule has 1 amide bonds. The van der Waals surface area contributed by atoms with Gasteiger partial charge in [0.15, 0.2) is 17.2 Å². The molecule has 0 saturated carbocycles. The Hall–Kier alpha value is -3.81. The summed E-state index contributed by atoms with van der Waals surface area (Å²) in [6.07, 6.45) is 0. The van der Waals surface area contributed by atoms with Crippen LogP contribution in [0.5, 0.6) is 0 Å². The lowest BCUT2D eigenvalue weighted by molar-refractivity contribution is 0.0997. The Kier molecular flexibility index (Phi) is 4.26. The molecule has 0 radical (unpaired) electrons. The number of nitrogens with zero attached hydrogens (tertiary/aromatic N) is 4. The van der Waals surface area contributed by atoms with E-state index < -0.39 is 17.4 Å². The van der Waals surface area contributed by atoms with Crippen LogP contribution in [0.15, 0.2) is 47.3 Å². The minimum absolute atomic E-state index is 0.0505. The molecule has 0 aliphatic heterocycles. The molecule has 29 heavy (non-hydrogen) atoms. The molecule has 2 aromatic heterocycles. The fourth-order valence-corrected chi connectivity index (χ4v) is 3.42. The van der Waals surface area contributed by atoms with Gasteiger partial charge in [-0.15, -0.1) is 0 Å². The Morgan fingerprint density at radius 3 is 2.38 bits per heavy atom. The number of carbonyl (C=O) groups excluding carboxylic acids is 1. The molecule has 146 valence electrons. The van der Waals surface area contributed by atoms with Crippen LogP contribution in [0.2, 0.25) is 0 Å². The number of benzene rings is 2. The van der Waals surface area contributed by atoms with E-state index in [0.717, 1.165) is 16.7 Å². The van der Waals surface area contributed by atoms with Gasteiger partial charge in [0.25, 0.3) is 5.91 Å². The number of aryl methyl sites for hydroxylation is 3. The van der Waals surface area contributed by atoms with Crippen LogP contribution in [-0.4, -0.2) is 25.0 Å². The number of amides is 1. The van der Waals surface area contributed by atoms with Gasteiger partial charge in [0.05, 0.1) is 5.69 Å². The van der Waals surface area contributed by atoms with Crippen LogP contribution in [0.1, 0.15) is 21.6 Å². The maximum Gasteiger partial charge on any atom is 0.334 e. The highest BCUT2D eigenvalue weighted by atomic mass is 19.1. The molecule has 0 saturated heterocycles. The summed E-state index contributed by atoms with van der Waals surface area (Å²) in [5.74, 6) is -0.911. The van der Waals surface area contributed by atoms with Gasteiger partial charge in [-0.05, 0) is 43.7 Å². The lowest BCUT2D eigenvalue weighted by Crippen LogP contribution is -2.21. The number of carbonyl (C=O) groups is 1. The zero-order valence-electron chi connectivity index (χ0n) is 16.1. The van der Waals surface area contributed by atoms with Gasteiger partial charge in [-0.3, -0.25) is 9.36 Å². The summed E-state index contributed by atoms with van der Waals surface area (Å²) in [5.41, 5.74) is 8.67. The quantitative estimate of drug-likeness (QED) is 0.581. The minimum Gasteiger partial charge on any atom is -0.364 e. The zero-order valence-corrected chi connectivity index (χ0v) is 16.1. The average Bonchev–Trinajstić information content (AvgIpc) is 2.92. The SMILES string of the molecule is Cc1ccc(-c2nc(C(N)=O)c3c(n2)n(-c2ccc(F)cc2)c(=O)n3C)c(C)c1. The number of halogens is 1. The fraction of sp³-hybridized carbons (Fsp3) is 0.143. The van der Waals surface area contributed by atoms with Gasteiger partial charge in [0, 0.05) is 12.6 Å². The summed E-state index contributed by atoms with van der Waals surface area (Å²) < 4.78 is 16.0. The lowest BCUT2D eigenvalue weighted by atomic mass is 10.1. The van der Waals surface area contributed by atoms with Crippen molar-refractivity contribution in [1.82, 2.24) is 19.1 Å². The molecule has 4 aromatic rings. The third-order valence-electron chi connectivity index (χ3n) is 4.83. The summed E-state index contributed by atoms with van der Waals surface area (Å²) in [6.45, 7) is 3.89. The molecule has 2 aromatic carbocycles. The van der Waals surface area contributed by atoms with E-state index >= 15 is 0 Å². The van der Waals surface area contributed by atoms with Crippen LogP contribution in [0, 0.1) is 19.7 Å². The first-order valence-corrected chi connectivity index (χ1v) is 8.90. The highest BCUT2D eigenvalue weighted by Gasteiger charge is 2.23. The normalized spacial score (nSPS) is 11.2. The van der Waals surface area contributed by atoms with Gasteiger partial charge in [-0.25, -0.2) is 23.7 Å². The third-order valence-corrected chi connectivity index (χ3v) is 4.83. The maximum atomic E-state index is 13.4. The Bertz CT molecular complexity index is 1340. The monoisotopic (exact) mass is 391 g/mol. The predicted octanol–water partition coefficient (Wildman–Crippen LogP) is 2.64. The molecular formula is C21H18FN5O2. The molecule has 0 fully saturated rings. The van der Waals surface area contributed by atoms with Crippen LogP contribution < -0.4 is 11.4 Å². The van der Waals surface area contributed by atoms with Crippen molar-refractivity contribution in [2.45, 2.75) is 13.8 Å². The first-order chi connectivity index (χ1) is 13.8. The van der Waals surface area contributed by atoms with Gasteiger partial charge in [0.1, 0.15) is 11.3 Å². The molecule has 0 aliphatic carbocycles. The number of imidazole rings is 1. The van der Waals surface area contributed by atoms with E-state index in [2.05, 4.69) is 9.97 Å². The average molecular weight is 391 g/mol. The van der Waals surface area contributed by atoms with E-state index in [-0.39, 0.29) is 22.7 Å². The molecule has 4 rings (SSSR count). The van der Waals surface area contributed by atoms with Gasteiger partial charge >= 0.3 is 5.69 Å². The highest BCUT2D eigenvalue weighted by Crippen LogP contribution is 2.25. The molecule has 0 atom stereocenters. The Labute approximate surface area is 165 Å². The van der Waals surface area contributed by atoms with E-state index in [4.69, 9.17) is 5.73 Å². The van der Waals surface area contributed by atoms with E-state index in [0.29, 0.717) is 5.69 Å². The van der Waals surface area contributed by atoms with Crippen LogP contribution >= 0.6 is 0 Å². The number of aromatic nitrogens is 4. The minimum atomic E-state index is -0.768. The van der Waals surface area contributed by atoms with Crippen LogP contribution in [0.3, 0.4) is 0 Å². The summed E-state index contributed by atoms with van der Waals surface area (Å²) in [5, 5.41) is 0. The second kappa shape index (κ2) is 6.66. The standard InChI is InChI=1S/C21H18FN5O2/c1-11-4-9-15(12(2)10-11)19-24-16(18(23)28)17-20(25-19)27(21(29)26(17)3)14-7-5-13(22)6-8-14/h4-10H,1-3H3,(H2,23,28). The summed E-state index contributed by atoms with van der Waals surface area (Å²) >= 11 is 0. The Morgan fingerprint density at radius 2 is 1.76 bits per heavy atom. The maximum absolute atomic E-state index is 13.4. The van der Waals surface area contributed by atoms with Crippen molar-refractivity contribution in [2.75, 3.05) is 0 Å². The number of rotatable bonds is 3. The van der Waals surface area contributed by atoms with Crippen molar-refractivity contribution in [3.63, 3.8) is 0 Å². The van der Waals surface area contributed by atoms with Crippen LogP contribution in [-0.2, 0) is 7.05 Å². The van der Waals surface area contributed by atoms with Gasteiger partial charge < -0.3 is 5.73 Å². The summed E-state index contributed by atoms with van der Waals surface area (Å²) in [6, 6.07) is 11.2. The molecule has 0 spiro atoms. The Morgan fingerprint density at radius 1 is 1.07 bits per heavy atom. The van der Waals surface area contributed by atoms with Crippen molar-refractivity contribution in [2.24, 2.45) is 12.8 Å². The largest absolute Gasteiger partial charge is 0.364 e. The number of hydrogen-bond donors (Lipinski definition) is 1. The molecular weight excluding hydrogens is 373 g/mol. The summed E-state index contributed by atoms with van der Waals surface area (Å²) in [4.78, 5) is 34.0. The zero-order chi connectivity index (χ0) is 20.9. The molecule has 0 bridgehead atoms.